The van der Waals surface area contributed by atoms with Gasteiger partial charge in [0.25, 0.3) is 0 Å². The third-order valence-electron chi connectivity index (χ3n) is 2.91. The van der Waals surface area contributed by atoms with Gasteiger partial charge in [-0.15, -0.1) is 0 Å². The summed E-state index contributed by atoms with van der Waals surface area (Å²) < 4.78 is 0. The average Bonchev–Trinajstić information content (AvgIpc) is 2.39. The quantitative estimate of drug-likeness (QED) is 0.631. The molecule has 1 aliphatic rings. The van der Waals surface area contributed by atoms with Crippen molar-refractivity contribution in [1.29, 1.82) is 0 Å². The van der Waals surface area contributed by atoms with E-state index in [-0.39, 0.29) is 5.91 Å². The lowest BCUT2D eigenvalue weighted by Gasteiger charge is -2.17. The Kier molecular flexibility index (Phi) is 4.31. The van der Waals surface area contributed by atoms with Crippen LogP contribution in [0.25, 0.3) is 0 Å². The van der Waals surface area contributed by atoms with Crippen LogP contribution in [0.2, 0.25) is 0 Å². The van der Waals surface area contributed by atoms with E-state index in [1.807, 2.05) is 31.2 Å². The lowest BCUT2D eigenvalue weighted by molar-refractivity contribution is -0.111. The summed E-state index contributed by atoms with van der Waals surface area (Å²) in [6.07, 6.45) is 8.03. The molecule has 0 aromatic heterocycles. The van der Waals surface area contributed by atoms with E-state index in [2.05, 4.69) is 16.7 Å². The van der Waals surface area contributed by atoms with Crippen molar-refractivity contribution in [2.75, 3.05) is 11.9 Å². The van der Waals surface area contributed by atoms with Crippen molar-refractivity contribution < 1.29 is 4.79 Å². The highest BCUT2D eigenvalue weighted by atomic mass is 16.1. The Hall–Kier alpha value is -1.87. The highest BCUT2D eigenvalue weighted by molar-refractivity contribution is 5.99. The lowest BCUT2D eigenvalue weighted by atomic mass is 10.0. The van der Waals surface area contributed by atoms with Gasteiger partial charge in [0.1, 0.15) is 0 Å². The van der Waals surface area contributed by atoms with E-state index in [4.69, 9.17) is 0 Å². The summed E-state index contributed by atoms with van der Waals surface area (Å²) >= 11 is 0. The van der Waals surface area contributed by atoms with Crippen molar-refractivity contribution in [2.24, 2.45) is 0 Å². The third kappa shape index (κ3) is 3.31. The molecule has 94 valence electrons. The zero-order valence-electron chi connectivity index (χ0n) is 10.6. The van der Waals surface area contributed by atoms with Crippen LogP contribution in [0, 0.1) is 0 Å². The van der Waals surface area contributed by atoms with Gasteiger partial charge in [-0.1, -0.05) is 24.3 Å². The van der Waals surface area contributed by atoms with Gasteiger partial charge in [-0.2, -0.15) is 0 Å². The molecule has 18 heavy (non-hydrogen) atoms. The summed E-state index contributed by atoms with van der Waals surface area (Å²) in [5.41, 5.74) is 3.50. The molecule has 1 aliphatic heterocycles. The Morgan fingerprint density at radius 3 is 3.06 bits per heavy atom. The zero-order valence-corrected chi connectivity index (χ0v) is 10.6. The number of carbonyl (C=O) groups excluding carboxylic acids is 1. The molecule has 0 spiro atoms. The minimum Gasteiger partial charge on any atom is -0.323 e. The molecule has 0 radical (unpaired) electrons. The van der Waals surface area contributed by atoms with Crippen molar-refractivity contribution in [1.82, 2.24) is 5.32 Å². The van der Waals surface area contributed by atoms with Gasteiger partial charge in [-0.05, 0) is 43.1 Å². The maximum absolute atomic E-state index is 11.6. The highest BCUT2D eigenvalue weighted by Gasteiger charge is 2.09. The van der Waals surface area contributed by atoms with Crippen LogP contribution in [0.1, 0.15) is 18.1 Å². The predicted octanol–water partition coefficient (Wildman–Crippen LogP) is 2.40. The van der Waals surface area contributed by atoms with E-state index in [1.54, 1.807) is 6.08 Å². The monoisotopic (exact) mass is 242 g/mol. The van der Waals surface area contributed by atoms with Crippen LogP contribution in [-0.4, -0.2) is 12.5 Å². The molecule has 1 amide bonds. The number of hydrogen-bond donors (Lipinski definition) is 2. The summed E-state index contributed by atoms with van der Waals surface area (Å²) in [5.74, 6) is -0.100. The number of amides is 1. The minimum atomic E-state index is -0.100. The summed E-state index contributed by atoms with van der Waals surface area (Å²) in [7, 11) is 0. The number of nitrogens with one attached hydrogen (secondary N) is 2. The van der Waals surface area contributed by atoms with Crippen LogP contribution in [-0.2, 0) is 17.8 Å². The number of carbonyl (C=O) groups is 1. The fraction of sp³-hybridized carbons (Fsp3) is 0.267. The topological polar surface area (TPSA) is 41.1 Å². The molecule has 1 aromatic carbocycles. The molecular formula is C15H18N2O. The summed E-state index contributed by atoms with van der Waals surface area (Å²) in [6, 6.07) is 6.11. The molecule has 0 saturated carbocycles. The second kappa shape index (κ2) is 6.17. The van der Waals surface area contributed by atoms with Gasteiger partial charge < -0.3 is 10.6 Å². The van der Waals surface area contributed by atoms with E-state index in [9.17, 15) is 4.79 Å². The predicted molar refractivity (Wildman–Crippen MR) is 74.4 cm³/mol. The molecule has 0 unspecified atom stereocenters. The Morgan fingerprint density at radius 2 is 2.22 bits per heavy atom. The molecule has 0 fully saturated rings. The summed E-state index contributed by atoms with van der Waals surface area (Å²) in [6.45, 7) is 3.83. The van der Waals surface area contributed by atoms with Gasteiger partial charge in [-0.3, -0.25) is 4.79 Å². The summed E-state index contributed by atoms with van der Waals surface area (Å²) in [5, 5.41) is 6.19. The second-order valence-corrected chi connectivity index (χ2v) is 4.28. The van der Waals surface area contributed by atoms with Crippen LogP contribution >= 0.6 is 0 Å². The van der Waals surface area contributed by atoms with Crippen LogP contribution in [0.3, 0.4) is 0 Å². The van der Waals surface area contributed by atoms with Crippen molar-refractivity contribution in [2.45, 2.75) is 19.9 Å². The minimum absolute atomic E-state index is 0.100. The van der Waals surface area contributed by atoms with Gasteiger partial charge in [0.2, 0.25) is 5.91 Å². The number of rotatable bonds is 3. The molecule has 1 heterocycles. The molecule has 3 nitrogen and oxygen atoms in total. The standard InChI is InChI=1S/C15H18N2O/c1-2-3-4-5-15(18)17-14-7-6-12-8-9-16-11-13(12)10-14/h2-7,10,16H,8-9,11H2,1H3,(H,17,18). The van der Waals surface area contributed by atoms with Gasteiger partial charge >= 0.3 is 0 Å². The van der Waals surface area contributed by atoms with Crippen LogP contribution in [0.4, 0.5) is 5.69 Å². The van der Waals surface area contributed by atoms with Crippen LogP contribution in [0.5, 0.6) is 0 Å². The van der Waals surface area contributed by atoms with Crippen molar-refractivity contribution in [3.63, 3.8) is 0 Å². The first-order valence-corrected chi connectivity index (χ1v) is 6.22. The first kappa shape index (κ1) is 12.6. The number of anilines is 1. The average molecular weight is 242 g/mol. The SMILES string of the molecule is CC=CC=CC(=O)Nc1ccc2c(c1)CNCC2. The second-order valence-electron chi connectivity index (χ2n) is 4.28. The fourth-order valence-electron chi connectivity index (χ4n) is 2.00. The highest BCUT2D eigenvalue weighted by Crippen LogP contribution is 2.18. The van der Waals surface area contributed by atoms with Gasteiger partial charge in [0, 0.05) is 18.3 Å². The largest absolute Gasteiger partial charge is 0.323 e. The molecule has 0 saturated heterocycles. The lowest BCUT2D eigenvalue weighted by Crippen LogP contribution is -2.23. The maximum Gasteiger partial charge on any atom is 0.248 e. The Balaban J connectivity index is 2.03. The number of benzene rings is 1. The number of allylic oxidation sites excluding steroid dienone is 3. The first-order chi connectivity index (χ1) is 8.79. The van der Waals surface area contributed by atoms with E-state index in [0.29, 0.717) is 0 Å². The van der Waals surface area contributed by atoms with Gasteiger partial charge in [-0.25, -0.2) is 0 Å². The fourth-order valence-corrected chi connectivity index (χ4v) is 2.00. The Labute approximate surface area is 108 Å². The maximum atomic E-state index is 11.6. The van der Waals surface area contributed by atoms with Crippen LogP contribution < -0.4 is 10.6 Å². The van der Waals surface area contributed by atoms with E-state index >= 15 is 0 Å². The smallest absolute Gasteiger partial charge is 0.248 e. The molecule has 3 heteroatoms. The molecular weight excluding hydrogens is 224 g/mol. The Bertz CT molecular complexity index is 489. The molecule has 0 aliphatic carbocycles. The number of hydrogen-bond acceptors (Lipinski definition) is 2. The van der Waals surface area contributed by atoms with E-state index < -0.39 is 0 Å². The molecule has 2 rings (SSSR count). The first-order valence-electron chi connectivity index (χ1n) is 6.22. The molecule has 2 N–H and O–H groups in total. The van der Waals surface area contributed by atoms with Crippen molar-refractivity contribution in [3.8, 4) is 0 Å². The van der Waals surface area contributed by atoms with E-state index in [1.165, 1.54) is 17.2 Å². The third-order valence-corrected chi connectivity index (χ3v) is 2.91. The number of fused-ring (bicyclic) bond motifs is 1. The molecule has 1 aromatic rings. The van der Waals surface area contributed by atoms with E-state index in [0.717, 1.165) is 25.2 Å². The molecule has 0 atom stereocenters. The van der Waals surface area contributed by atoms with Crippen LogP contribution in [0.15, 0.2) is 42.5 Å². The zero-order chi connectivity index (χ0) is 12.8. The summed E-state index contributed by atoms with van der Waals surface area (Å²) in [4.78, 5) is 11.6. The van der Waals surface area contributed by atoms with Crippen molar-refractivity contribution >= 4 is 11.6 Å². The normalized spacial score (nSPS) is 14.9. The van der Waals surface area contributed by atoms with Gasteiger partial charge in [0.15, 0.2) is 0 Å². The van der Waals surface area contributed by atoms with Gasteiger partial charge in [0.05, 0.1) is 0 Å². The Morgan fingerprint density at radius 1 is 1.33 bits per heavy atom. The van der Waals surface area contributed by atoms with Crippen molar-refractivity contribution in [3.05, 3.63) is 53.6 Å². The molecule has 0 bridgehead atoms.